The van der Waals surface area contributed by atoms with Crippen molar-refractivity contribution in [3.05, 3.63) is 59.4 Å². The minimum atomic E-state index is 0.555. The van der Waals surface area contributed by atoms with Gasteiger partial charge in [0.25, 0.3) is 0 Å². The molecule has 2 aromatic rings. The summed E-state index contributed by atoms with van der Waals surface area (Å²) in [6.07, 6.45) is 1.81. The highest BCUT2D eigenvalue weighted by Gasteiger charge is 2.04. The summed E-state index contributed by atoms with van der Waals surface area (Å²) in [7, 11) is 0. The van der Waals surface area contributed by atoms with Gasteiger partial charge in [-0.25, -0.2) is 0 Å². The number of hydrogen-bond donors (Lipinski definition) is 1. The molecule has 0 amide bonds. The van der Waals surface area contributed by atoms with Crippen molar-refractivity contribution in [1.29, 1.82) is 0 Å². The number of aromatic nitrogens is 1. The lowest BCUT2D eigenvalue weighted by molar-refractivity contribution is 0.313. The number of nitrogens with one attached hydrogen (secondary N) is 1. The van der Waals surface area contributed by atoms with Crippen molar-refractivity contribution in [2.75, 3.05) is 13.2 Å². The molecule has 3 heteroatoms. The second-order valence-electron chi connectivity index (χ2n) is 5.52. The Kier molecular flexibility index (Phi) is 5.76. The summed E-state index contributed by atoms with van der Waals surface area (Å²) < 4.78 is 5.78. The van der Waals surface area contributed by atoms with Crippen LogP contribution < -0.4 is 10.1 Å². The summed E-state index contributed by atoms with van der Waals surface area (Å²) in [5.41, 5.74) is 3.73. The zero-order valence-corrected chi connectivity index (χ0v) is 13.1. The second-order valence-corrected chi connectivity index (χ2v) is 5.52. The molecule has 0 radical (unpaired) electrons. The zero-order chi connectivity index (χ0) is 15.1. The molecule has 0 aliphatic carbocycles. The molecule has 0 atom stereocenters. The van der Waals surface area contributed by atoms with Crippen molar-refractivity contribution < 1.29 is 4.74 Å². The van der Waals surface area contributed by atoms with E-state index in [0.29, 0.717) is 12.5 Å². The molecule has 0 saturated carbocycles. The van der Waals surface area contributed by atoms with Crippen LogP contribution in [0.25, 0.3) is 0 Å². The Labute approximate surface area is 127 Å². The van der Waals surface area contributed by atoms with Gasteiger partial charge in [0.2, 0.25) is 0 Å². The molecule has 0 spiro atoms. The van der Waals surface area contributed by atoms with Gasteiger partial charge in [0, 0.05) is 19.3 Å². The molecule has 1 N–H and O–H groups in total. The first-order valence-corrected chi connectivity index (χ1v) is 7.51. The lowest BCUT2D eigenvalue weighted by Crippen LogP contribution is -2.21. The van der Waals surface area contributed by atoms with Crippen LogP contribution >= 0.6 is 0 Å². The van der Waals surface area contributed by atoms with Crippen molar-refractivity contribution in [3.8, 4) is 5.75 Å². The fraction of sp³-hybridized carbons (Fsp3) is 0.389. The molecule has 0 aliphatic heterocycles. The molecule has 0 saturated heterocycles. The summed E-state index contributed by atoms with van der Waals surface area (Å²) >= 11 is 0. The minimum absolute atomic E-state index is 0.555. The van der Waals surface area contributed by atoms with Gasteiger partial charge in [-0.3, -0.25) is 4.98 Å². The lowest BCUT2D eigenvalue weighted by atomic mass is 9.98. The highest BCUT2D eigenvalue weighted by molar-refractivity contribution is 5.36. The Morgan fingerprint density at radius 2 is 2.05 bits per heavy atom. The van der Waals surface area contributed by atoms with E-state index in [2.05, 4.69) is 49.3 Å². The van der Waals surface area contributed by atoms with Crippen molar-refractivity contribution in [1.82, 2.24) is 10.3 Å². The van der Waals surface area contributed by atoms with Crippen LogP contribution in [0, 0.1) is 6.92 Å². The quantitative estimate of drug-likeness (QED) is 0.788. The van der Waals surface area contributed by atoms with Gasteiger partial charge < -0.3 is 10.1 Å². The molecule has 0 fully saturated rings. The Balaban J connectivity index is 1.72. The van der Waals surface area contributed by atoms with Crippen LogP contribution in [0.1, 0.15) is 36.6 Å². The standard InChI is InChI=1S/C18H24N2O/c1-14(2)18-8-7-17(12-15(18)3)21-11-10-19-13-16-6-4-5-9-20-16/h4-9,12,14,19H,10-11,13H2,1-3H3. The number of rotatable bonds is 7. The molecule has 1 heterocycles. The summed E-state index contributed by atoms with van der Waals surface area (Å²) in [5.74, 6) is 1.50. The van der Waals surface area contributed by atoms with Gasteiger partial charge in [0.1, 0.15) is 12.4 Å². The van der Waals surface area contributed by atoms with Gasteiger partial charge in [0.05, 0.1) is 5.69 Å². The largest absolute Gasteiger partial charge is 0.492 e. The van der Waals surface area contributed by atoms with Crippen molar-refractivity contribution in [2.45, 2.75) is 33.2 Å². The number of ether oxygens (including phenoxy) is 1. The summed E-state index contributed by atoms with van der Waals surface area (Å²) in [5, 5.41) is 3.33. The molecule has 0 aliphatic rings. The monoisotopic (exact) mass is 284 g/mol. The van der Waals surface area contributed by atoms with Gasteiger partial charge in [0.15, 0.2) is 0 Å². The van der Waals surface area contributed by atoms with Gasteiger partial charge in [-0.05, 0) is 48.2 Å². The minimum Gasteiger partial charge on any atom is -0.492 e. The molecule has 0 unspecified atom stereocenters. The molecule has 1 aromatic carbocycles. The zero-order valence-electron chi connectivity index (χ0n) is 13.1. The number of benzene rings is 1. The first-order chi connectivity index (χ1) is 10.2. The highest BCUT2D eigenvalue weighted by Crippen LogP contribution is 2.23. The van der Waals surface area contributed by atoms with Gasteiger partial charge >= 0.3 is 0 Å². The summed E-state index contributed by atoms with van der Waals surface area (Å²) in [6.45, 7) is 8.81. The van der Waals surface area contributed by atoms with Crippen LogP contribution in [-0.4, -0.2) is 18.1 Å². The summed E-state index contributed by atoms with van der Waals surface area (Å²) in [4.78, 5) is 4.27. The van der Waals surface area contributed by atoms with Crippen molar-refractivity contribution in [3.63, 3.8) is 0 Å². The third kappa shape index (κ3) is 4.87. The predicted molar refractivity (Wildman–Crippen MR) is 86.7 cm³/mol. The van der Waals surface area contributed by atoms with E-state index < -0.39 is 0 Å². The Bertz CT molecular complexity index is 552. The van der Waals surface area contributed by atoms with E-state index in [0.717, 1.165) is 24.5 Å². The van der Waals surface area contributed by atoms with Crippen molar-refractivity contribution in [2.24, 2.45) is 0 Å². The first-order valence-electron chi connectivity index (χ1n) is 7.51. The topological polar surface area (TPSA) is 34.1 Å². The first kappa shape index (κ1) is 15.5. The summed E-state index contributed by atoms with van der Waals surface area (Å²) in [6, 6.07) is 12.3. The third-order valence-electron chi connectivity index (χ3n) is 3.44. The lowest BCUT2D eigenvalue weighted by Gasteiger charge is -2.12. The van der Waals surface area contributed by atoms with E-state index in [4.69, 9.17) is 4.74 Å². The SMILES string of the molecule is Cc1cc(OCCNCc2ccccn2)ccc1C(C)C. The van der Waals surface area contributed by atoms with Crippen LogP contribution in [0.2, 0.25) is 0 Å². The number of pyridine rings is 1. The van der Waals surface area contributed by atoms with E-state index in [9.17, 15) is 0 Å². The smallest absolute Gasteiger partial charge is 0.119 e. The number of hydrogen-bond acceptors (Lipinski definition) is 3. The van der Waals surface area contributed by atoms with Crippen LogP contribution in [-0.2, 0) is 6.54 Å². The Morgan fingerprint density at radius 3 is 2.71 bits per heavy atom. The Morgan fingerprint density at radius 1 is 1.19 bits per heavy atom. The van der Waals surface area contributed by atoms with Gasteiger partial charge in [-0.15, -0.1) is 0 Å². The Hall–Kier alpha value is -1.87. The van der Waals surface area contributed by atoms with E-state index in [1.165, 1.54) is 11.1 Å². The van der Waals surface area contributed by atoms with Gasteiger partial charge in [-0.2, -0.15) is 0 Å². The maximum Gasteiger partial charge on any atom is 0.119 e. The average molecular weight is 284 g/mol. The van der Waals surface area contributed by atoms with E-state index in [-0.39, 0.29) is 0 Å². The highest BCUT2D eigenvalue weighted by atomic mass is 16.5. The fourth-order valence-corrected chi connectivity index (χ4v) is 2.35. The average Bonchev–Trinajstić information content (AvgIpc) is 2.47. The molecule has 112 valence electrons. The molecule has 0 bridgehead atoms. The predicted octanol–water partition coefficient (Wildman–Crippen LogP) is 3.68. The maximum absolute atomic E-state index is 5.78. The number of aryl methyl sites for hydroxylation is 1. The molecule has 2 rings (SSSR count). The maximum atomic E-state index is 5.78. The molecule has 1 aromatic heterocycles. The molecule has 3 nitrogen and oxygen atoms in total. The van der Waals surface area contributed by atoms with E-state index >= 15 is 0 Å². The van der Waals surface area contributed by atoms with E-state index in [1.807, 2.05) is 24.4 Å². The second kappa shape index (κ2) is 7.79. The van der Waals surface area contributed by atoms with E-state index in [1.54, 1.807) is 0 Å². The normalized spacial score (nSPS) is 10.9. The van der Waals surface area contributed by atoms with Crippen LogP contribution in [0.5, 0.6) is 5.75 Å². The van der Waals surface area contributed by atoms with Crippen molar-refractivity contribution >= 4 is 0 Å². The third-order valence-corrected chi connectivity index (χ3v) is 3.44. The molecular weight excluding hydrogens is 260 g/mol. The molecular formula is C18H24N2O. The number of nitrogens with zero attached hydrogens (tertiary/aromatic N) is 1. The van der Waals surface area contributed by atoms with Crippen LogP contribution in [0.4, 0.5) is 0 Å². The van der Waals surface area contributed by atoms with Crippen LogP contribution in [0.3, 0.4) is 0 Å². The fourth-order valence-electron chi connectivity index (χ4n) is 2.35. The molecule has 21 heavy (non-hydrogen) atoms. The van der Waals surface area contributed by atoms with Gasteiger partial charge in [-0.1, -0.05) is 26.0 Å². The van der Waals surface area contributed by atoms with Crippen LogP contribution in [0.15, 0.2) is 42.6 Å².